The Hall–Kier alpha value is -2.49. The number of hydrogen-bond donors (Lipinski definition) is 2. The highest BCUT2D eigenvalue weighted by Crippen LogP contribution is 2.46. The van der Waals surface area contributed by atoms with Gasteiger partial charge in [-0.2, -0.15) is 0 Å². The van der Waals surface area contributed by atoms with E-state index < -0.39 is 35.4 Å². The fourth-order valence-electron chi connectivity index (χ4n) is 4.03. The third-order valence-electron chi connectivity index (χ3n) is 6.23. The second-order valence-corrected chi connectivity index (χ2v) is 11.2. The zero-order valence-corrected chi connectivity index (χ0v) is 25.7. The highest BCUT2D eigenvalue weighted by atomic mass is 35.5. The van der Waals surface area contributed by atoms with E-state index in [-0.39, 0.29) is 52.4 Å². The maximum absolute atomic E-state index is 12.4. The van der Waals surface area contributed by atoms with E-state index in [1.807, 2.05) is 6.92 Å². The number of ether oxygens (including phenoxy) is 3. The van der Waals surface area contributed by atoms with Crippen LogP contribution in [0.4, 0.5) is 5.69 Å². The van der Waals surface area contributed by atoms with Crippen molar-refractivity contribution in [3.8, 4) is 5.75 Å². The molecule has 1 atom stereocenters. The van der Waals surface area contributed by atoms with Gasteiger partial charge in [0, 0.05) is 11.5 Å². The lowest BCUT2D eigenvalue weighted by atomic mass is 9.85. The zero-order chi connectivity index (χ0) is 29.4. The first kappa shape index (κ1) is 32.7. The molecule has 2 rings (SSSR count). The van der Waals surface area contributed by atoms with Gasteiger partial charge in [-0.3, -0.25) is 14.3 Å². The normalized spacial score (nSPS) is 12.2. The summed E-state index contributed by atoms with van der Waals surface area (Å²) in [5, 5.41) is 0.0578. The minimum atomic E-state index is -3.03. The predicted molar refractivity (Wildman–Crippen MR) is 155 cm³/mol. The van der Waals surface area contributed by atoms with Crippen molar-refractivity contribution in [2.24, 2.45) is 5.92 Å². The van der Waals surface area contributed by atoms with Gasteiger partial charge in [0.05, 0.1) is 28.9 Å². The van der Waals surface area contributed by atoms with E-state index in [1.54, 1.807) is 13.8 Å². The van der Waals surface area contributed by atoms with Gasteiger partial charge in [-0.1, -0.05) is 76.0 Å². The summed E-state index contributed by atoms with van der Waals surface area (Å²) in [5.41, 5.74) is 3.85. The summed E-state index contributed by atoms with van der Waals surface area (Å²) in [5.74, 6) is -2.79. The van der Waals surface area contributed by atoms with Crippen LogP contribution in [0.15, 0.2) is 24.3 Å². The van der Waals surface area contributed by atoms with Gasteiger partial charge in [0.15, 0.2) is 11.7 Å². The van der Waals surface area contributed by atoms with Crippen LogP contribution in [-0.4, -0.2) is 40.2 Å². The average Bonchev–Trinajstić information content (AvgIpc) is 2.85. The molecule has 8 nitrogen and oxygen atoms in total. The predicted octanol–water partition coefficient (Wildman–Crippen LogP) is 6.45. The molecule has 39 heavy (non-hydrogen) atoms. The molecule has 0 aromatic heterocycles. The van der Waals surface area contributed by atoms with Crippen LogP contribution in [0.25, 0.3) is 0 Å². The lowest BCUT2D eigenvalue weighted by Crippen LogP contribution is -2.33. The van der Waals surface area contributed by atoms with Crippen LogP contribution in [0.5, 0.6) is 5.75 Å². The molecule has 11 heteroatoms. The van der Waals surface area contributed by atoms with Crippen molar-refractivity contribution >= 4 is 51.7 Å². The third kappa shape index (κ3) is 8.50. The Morgan fingerprint density at radius 2 is 1.33 bits per heavy atom. The molecule has 2 aromatic carbocycles. The first-order chi connectivity index (χ1) is 18.3. The number of esters is 2. The number of hydrogen-bond acceptors (Lipinski definition) is 7. The smallest absolute Gasteiger partial charge is 0.323 e. The highest BCUT2D eigenvalue weighted by Gasteiger charge is 2.32. The van der Waals surface area contributed by atoms with E-state index >= 15 is 0 Å². The zero-order valence-electron chi connectivity index (χ0n) is 23.3. The van der Waals surface area contributed by atoms with Gasteiger partial charge in [0.1, 0.15) is 6.61 Å². The van der Waals surface area contributed by atoms with Crippen molar-refractivity contribution < 1.29 is 32.2 Å². The Labute approximate surface area is 242 Å². The molecule has 0 aliphatic rings. The first-order valence-electron chi connectivity index (χ1n) is 12.9. The van der Waals surface area contributed by atoms with E-state index in [0.717, 1.165) is 16.7 Å². The second kappa shape index (κ2) is 14.8. The summed E-state index contributed by atoms with van der Waals surface area (Å²) in [6, 6.07) is 7.72. The van der Waals surface area contributed by atoms with Gasteiger partial charge in [-0.25, -0.2) is 8.42 Å². The summed E-state index contributed by atoms with van der Waals surface area (Å²) in [4.78, 5) is 24.8. The molecular formula is C28H37Cl2NO7S. The standard InChI is InChI=1S/C28H37Cl2NO7S/c1-8-36-27(32)21(28(33)37-9-2)14-38-26-22(29)13-23(31-39(34)35)24(25(26)30)17(7)20-11-18(15(3)4)10-19(12-20)16(5)6/h10-13,15-17,21,39H,8-9,14H2,1-7H3,(H,31,34,35). The number of carbonyl (C=O) groups is 2. The fourth-order valence-corrected chi connectivity index (χ4v) is 5.14. The van der Waals surface area contributed by atoms with Crippen molar-refractivity contribution in [1.29, 1.82) is 0 Å². The van der Waals surface area contributed by atoms with E-state index in [4.69, 9.17) is 37.4 Å². The van der Waals surface area contributed by atoms with Crippen molar-refractivity contribution in [2.45, 2.75) is 66.2 Å². The molecule has 0 heterocycles. The molecular weight excluding hydrogens is 565 g/mol. The lowest BCUT2D eigenvalue weighted by molar-refractivity contribution is -0.163. The quantitative estimate of drug-likeness (QED) is 0.154. The number of thiol groups is 1. The molecule has 0 aliphatic carbocycles. The summed E-state index contributed by atoms with van der Waals surface area (Å²) in [6.07, 6.45) is 0. The molecule has 0 saturated carbocycles. The minimum Gasteiger partial charge on any atom is -0.489 e. The number of halogens is 2. The van der Waals surface area contributed by atoms with Crippen molar-refractivity contribution in [1.82, 2.24) is 0 Å². The van der Waals surface area contributed by atoms with Crippen LogP contribution in [-0.2, 0) is 30.0 Å². The van der Waals surface area contributed by atoms with Crippen molar-refractivity contribution in [3.05, 3.63) is 56.6 Å². The Morgan fingerprint density at radius 1 is 0.846 bits per heavy atom. The number of benzene rings is 2. The molecule has 1 N–H and O–H groups in total. The van der Waals surface area contributed by atoms with E-state index in [1.165, 1.54) is 6.07 Å². The Morgan fingerprint density at radius 3 is 1.77 bits per heavy atom. The van der Waals surface area contributed by atoms with Crippen LogP contribution >= 0.6 is 23.2 Å². The molecule has 0 bridgehead atoms. The average molecular weight is 603 g/mol. The van der Waals surface area contributed by atoms with E-state index in [0.29, 0.717) is 5.56 Å². The molecule has 216 valence electrons. The van der Waals surface area contributed by atoms with Crippen LogP contribution in [0, 0.1) is 5.92 Å². The molecule has 0 spiro atoms. The van der Waals surface area contributed by atoms with Gasteiger partial charge in [-0.15, -0.1) is 0 Å². The number of carbonyl (C=O) groups excluding carboxylic acids is 2. The molecule has 2 aromatic rings. The monoisotopic (exact) mass is 601 g/mol. The molecule has 0 radical (unpaired) electrons. The second-order valence-electron chi connectivity index (χ2n) is 9.66. The molecule has 0 aliphatic heterocycles. The van der Waals surface area contributed by atoms with Crippen molar-refractivity contribution in [2.75, 3.05) is 24.5 Å². The van der Waals surface area contributed by atoms with Gasteiger partial charge in [0.25, 0.3) is 0 Å². The van der Waals surface area contributed by atoms with Crippen LogP contribution < -0.4 is 9.46 Å². The summed E-state index contributed by atoms with van der Waals surface area (Å²) < 4.78 is 41.6. The number of nitrogens with one attached hydrogen (secondary N) is 1. The Kier molecular flexibility index (Phi) is 12.4. The number of anilines is 1. The summed E-state index contributed by atoms with van der Waals surface area (Å²) in [7, 11) is -3.03. The van der Waals surface area contributed by atoms with Crippen molar-refractivity contribution in [3.63, 3.8) is 0 Å². The topological polar surface area (TPSA) is 108 Å². The highest BCUT2D eigenvalue weighted by molar-refractivity contribution is 7.73. The Bertz CT molecular complexity index is 1210. The number of rotatable bonds is 13. The third-order valence-corrected chi connectivity index (χ3v) is 7.31. The Balaban J connectivity index is 2.63. The van der Waals surface area contributed by atoms with Crippen LogP contribution in [0.3, 0.4) is 0 Å². The fraction of sp³-hybridized carbons (Fsp3) is 0.500. The summed E-state index contributed by atoms with van der Waals surface area (Å²) >= 11 is 13.3. The van der Waals surface area contributed by atoms with E-state index in [2.05, 4.69) is 50.6 Å². The van der Waals surface area contributed by atoms with Gasteiger partial charge < -0.3 is 14.2 Å². The molecule has 1 unspecified atom stereocenters. The van der Waals surface area contributed by atoms with Crippen LogP contribution in [0.2, 0.25) is 10.0 Å². The maximum atomic E-state index is 12.4. The molecule has 0 amide bonds. The lowest BCUT2D eigenvalue weighted by Gasteiger charge is -2.24. The first-order valence-corrected chi connectivity index (χ1v) is 14.8. The van der Waals surface area contributed by atoms with E-state index in [9.17, 15) is 18.0 Å². The minimum absolute atomic E-state index is 0.000526. The summed E-state index contributed by atoms with van der Waals surface area (Å²) in [6.45, 7) is 13.3. The van der Waals surface area contributed by atoms with Gasteiger partial charge in [0.2, 0.25) is 10.9 Å². The SMILES string of the molecule is CCOC(=O)C(COc1c(Cl)cc(N[SH](=O)=O)c(C(C)c2cc(C(C)C)cc(C(C)C)c2)c1Cl)C(=O)OCC. The molecule has 0 fully saturated rings. The maximum Gasteiger partial charge on any atom is 0.323 e. The molecule has 0 saturated heterocycles. The van der Waals surface area contributed by atoms with Gasteiger partial charge in [-0.05, 0) is 48.4 Å². The van der Waals surface area contributed by atoms with Gasteiger partial charge >= 0.3 is 11.9 Å². The largest absolute Gasteiger partial charge is 0.489 e. The van der Waals surface area contributed by atoms with Crippen LogP contribution in [0.1, 0.15) is 88.5 Å².